The van der Waals surface area contributed by atoms with Gasteiger partial charge >= 0.3 is 0 Å². The first-order valence-electron chi connectivity index (χ1n) is 12.4. The van der Waals surface area contributed by atoms with E-state index < -0.39 is 10.0 Å². The quantitative estimate of drug-likeness (QED) is 0.273. The normalized spacial score (nSPS) is 15.2. The molecule has 1 atom stereocenters. The molecule has 1 aliphatic heterocycles. The molecule has 206 valence electrons. The molecule has 0 radical (unpaired) electrons. The first-order chi connectivity index (χ1) is 19.2. The minimum absolute atomic E-state index is 0.0342. The second-order valence-corrected chi connectivity index (χ2v) is 11.9. The van der Waals surface area contributed by atoms with Crippen molar-refractivity contribution in [1.29, 1.82) is 0 Å². The highest BCUT2D eigenvalue weighted by Crippen LogP contribution is 2.39. The van der Waals surface area contributed by atoms with Crippen LogP contribution in [0.1, 0.15) is 32.6 Å². The van der Waals surface area contributed by atoms with Crippen LogP contribution in [0.25, 0.3) is 0 Å². The van der Waals surface area contributed by atoms with E-state index in [1.54, 1.807) is 41.5 Å². The molecule has 9 nitrogen and oxygen atoms in total. The first-order valence-corrected chi connectivity index (χ1v) is 14.9. The van der Waals surface area contributed by atoms with Crippen LogP contribution >= 0.6 is 11.8 Å². The highest BCUT2D eigenvalue weighted by molar-refractivity contribution is 8.00. The fourth-order valence-corrected chi connectivity index (χ4v) is 6.55. The summed E-state index contributed by atoms with van der Waals surface area (Å²) in [6.45, 7) is 2.24. The lowest BCUT2D eigenvalue weighted by molar-refractivity contribution is -0.128. The maximum absolute atomic E-state index is 12.9. The van der Waals surface area contributed by atoms with Crippen molar-refractivity contribution in [2.75, 3.05) is 22.9 Å². The summed E-state index contributed by atoms with van der Waals surface area (Å²) in [5.74, 6) is 1.20. The number of rotatable bonds is 9. The molecule has 0 bridgehead atoms. The van der Waals surface area contributed by atoms with Crippen LogP contribution in [-0.4, -0.2) is 38.0 Å². The summed E-state index contributed by atoms with van der Waals surface area (Å²) in [5, 5.41) is 2.62. The second kappa shape index (κ2) is 11.5. The van der Waals surface area contributed by atoms with Crippen LogP contribution in [0.5, 0.6) is 5.75 Å². The van der Waals surface area contributed by atoms with Crippen LogP contribution < -0.4 is 14.8 Å². The summed E-state index contributed by atoms with van der Waals surface area (Å²) >= 11 is 1.53. The number of carbonyl (C=O) groups excluding carboxylic acids is 2. The Balaban J connectivity index is 1.24. The van der Waals surface area contributed by atoms with Gasteiger partial charge in [-0.2, -0.15) is 0 Å². The molecule has 1 saturated heterocycles. The Morgan fingerprint density at radius 1 is 1.07 bits per heavy atom. The lowest BCUT2D eigenvalue weighted by Crippen LogP contribution is -2.27. The molecule has 3 aromatic carbocycles. The Labute approximate surface area is 236 Å². The Morgan fingerprint density at radius 2 is 1.82 bits per heavy atom. The number of methoxy groups -OCH3 is 1. The van der Waals surface area contributed by atoms with E-state index in [-0.39, 0.29) is 22.1 Å². The molecule has 40 heavy (non-hydrogen) atoms. The average molecular weight is 578 g/mol. The van der Waals surface area contributed by atoms with Gasteiger partial charge in [0.05, 0.1) is 36.3 Å². The zero-order valence-corrected chi connectivity index (χ0v) is 23.4. The van der Waals surface area contributed by atoms with Crippen LogP contribution in [0.15, 0.2) is 94.4 Å². The SMILES string of the molecule is COc1ccc(C)cc1NS(=O)(=O)c1ccc(NC(=O)c2ccc([C@H]3SCC(=O)N3Cc3ccco3)cc2)cc1. The average Bonchev–Trinajstić information content (AvgIpc) is 3.59. The minimum Gasteiger partial charge on any atom is -0.495 e. The van der Waals surface area contributed by atoms with Crippen LogP contribution in [0.4, 0.5) is 11.4 Å². The van der Waals surface area contributed by atoms with E-state index in [1.807, 2.05) is 31.2 Å². The number of ether oxygens (including phenoxy) is 1. The molecule has 1 fully saturated rings. The van der Waals surface area contributed by atoms with E-state index in [1.165, 1.54) is 43.1 Å². The van der Waals surface area contributed by atoms with Gasteiger partial charge in [-0.05, 0) is 78.7 Å². The van der Waals surface area contributed by atoms with Gasteiger partial charge in [-0.25, -0.2) is 8.42 Å². The summed E-state index contributed by atoms with van der Waals surface area (Å²) in [7, 11) is -2.41. The maximum atomic E-state index is 12.9. The number of furan rings is 1. The molecule has 11 heteroatoms. The Morgan fingerprint density at radius 3 is 2.50 bits per heavy atom. The molecule has 5 rings (SSSR count). The summed E-state index contributed by atoms with van der Waals surface area (Å²) in [6, 6.07) is 21.8. The number of benzene rings is 3. The van der Waals surface area contributed by atoms with E-state index >= 15 is 0 Å². The molecule has 2 heterocycles. The number of anilines is 2. The highest BCUT2D eigenvalue weighted by Gasteiger charge is 2.33. The van der Waals surface area contributed by atoms with E-state index in [9.17, 15) is 18.0 Å². The molecule has 0 unspecified atom stereocenters. The number of hydrogen-bond donors (Lipinski definition) is 2. The van der Waals surface area contributed by atoms with Crippen molar-refractivity contribution in [3.05, 3.63) is 108 Å². The number of hydrogen-bond acceptors (Lipinski definition) is 7. The number of amides is 2. The molecule has 1 aromatic heterocycles. The predicted molar refractivity (Wildman–Crippen MR) is 154 cm³/mol. The molecule has 4 aromatic rings. The zero-order valence-electron chi connectivity index (χ0n) is 21.8. The summed E-state index contributed by atoms with van der Waals surface area (Å²) < 4.78 is 39.1. The van der Waals surface area contributed by atoms with Crippen molar-refractivity contribution in [2.24, 2.45) is 0 Å². The fraction of sp³-hybridized carbons (Fsp3) is 0.172. The Hall–Kier alpha value is -4.22. The van der Waals surface area contributed by atoms with Gasteiger partial charge in [0.25, 0.3) is 15.9 Å². The Kier molecular flexibility index (Phi) is 7.85. The van der Waals surface area contributed by atoms with Crippen molar-refractivity contribution in [2.45, 2.75) is 23.7 Å². The molecule has 0 aliphatic carbocycles. The van der Waals surface area contributed by atoms with Crippen LogP contribution in [0.3, 0.4) is 0 Å². The summed E-state index contributed by atoms with van der Waals surface area (Å²) in [4.78, 5) is 27.1. The number of carbonyl (C=O) groups is 2. The lowest BCUT2D eigenvalue weighted by atomic mass is 10.1. The van der Waals surface area contributed by atoms with Crippen molar-refractivity contribution in [1.82, 2.24) is 4.90 Å². The molecule has 2 N–H and O–H groups in total. The zero-order chi connectivity index (χ0) is 28.3. The summed E-state index contributed by atoms with van der Waals surface area (Å²) in [5.41, 5.74) is 3.01. The van der Waals surface area contributed by atoms with Crippen LogP contribution in [0.2, 0.25) is 0 Å². The highest BCUT2D eigenvalue weighted by atomic mass is 32.2. The van der Waals surface area contributed by atoms with Gasteiger partial charge in [0.15, 0.2) is 0 Å². The number of aryl methyl sites for hydroxylation is 1. The standard InChI is InChI=1S/C29H27N3O6S2/c1-19-5-14-26(37-2)25(16-19)31-40(35,36)24-12-10-22(11-13-24)30-28(34)20-6-8-21(9-7-20)29-32(27(33)18-39-29)17-23-4-3-15-38-23/h3-16,29,31H,17-18H2,1-2H3,(H,30,34)/t29-/m1/s1. The van der Waals surface area contributed by atoms with Gasteiger partial charge in [-0.15, -0.1) is 11.8 Å². The third-order valence-electron chi connectivity index (χ3n) is 6.35. The third-order valence-corrected chi connectivity index (χ3v) is 8.99. The topological polar surface area (TPSA) is 118 Å². The molecule has 0 saturated carbocycles. The smallest absolute Gasteiger partial charge is 0.262 e. The number of sulfonamides is 1. The van der Waals surface area contributed by atoms with Crippen molar-refractivity contribution in [3.63, 3.8) is 0 Å². The van der Waals surface area contributed by atoms with E-state index in [0.29, 0.717) is 40.7 Å². The first kappa shape index (κ1) is 27.4. The molecular weight excluding hydrogens is 550 g/mol. The summed E-state index contributed by atoms with van der Waals surface area (Å²) in [6.07, 6.45) is 1.58. The van der Waals surface area contributed by atoms with E-state index in [4.69, 9.17) is 9.15 Å². The van der Waals surface area contributed by atoms with Crippen LogP contribution in [-0.2, 0) is 21.4 Å². The van der Waals surface area contributed by atoms with Crippen molar-refractivity contribution < 1.29 is 27.2 Å². The number of nitrogens with zero attached hydrogens (tertiary/aromatic N) is 1. The molecule has 1 aliphatic rings. The number of nitrogens with one attached hydrogen (secondary N) is 2. The molecule has 2 amide bonds. The lowest BCUT2D eigenvalue weighted by Gasteiger charge is -2.23. The minimum atomic E-state index is -3.88. The van der Waals surface area contributed by atoms with Gasteiger partial charge < -0.3 is 19.4 Å². The van der Waals surface area contributed by atoms with Gasteiger partial charge in [-0.1, -0.05) is 18.2 Å². The van der Waals surface area contributed by atoms with Gasteiger partial charge in [0, 0.05) is 11.3 Å². The largest absolute Gasteiger partial charge is 0.495 e. The van der Waals surface area contributed by atoms with E-state index in [2.05, 4.69) is 10.0 Å². The van der Waals surface area contributed by atoms with Crippen molar-refractivity contribution in [3.8, 4) is 5.75 Å². The second-order valence-electron chi connectivity index (χ2n) is 9.17. The number of thioether (sulfide) groups is 1. The molecular formula is C29H27N3O6S2. The monoisotopic (exact) mass is 577 g/mol. The molecule has 0 spiro atoms. The van der Waals surface area contributed by atoms with Gasteiger partial charge in [0.2, 0.25) is 5.91 Å². The van der Waals surface area contributed by atoms with Crippen molar-refractivity contribution >= 4 is 45.0 Å². The van der Waals surface area contributed by atoms with Gasteiger partial charge in [-0.3, -0.25) is 14.3 Å². The van der Waals surface area contributed by atoms with E-state index in [0.717, 1.165) is 11.1 Å². The maximum Gasteiger partial charge on any atom is 0.262 e. The van der Waals surface area contributed by atoms with Gasteiger partial charge in [0.1, 0.15) is 16.9 Å². The Bertz CT molecular complexity index is 1620. The fourth-order valence-electron chi connectivity index (χ4n) is 4.30. The third kappa shape index (κ3) is 6.00. The predicted octanol–water partition coefficient (Wildman–Crippen LogP) is 5.42. The van der Waals surface area contributed by atoms with Crippen LogP contribution in [0, 0.1) is 6.92 Å².